The summed E-state index contributed by atoms with van der Waals surface area (Å²) in [6.45, 7) is 6.23. The highest BCUT2D eigenvalue weighted by Gasteiger charge is 2.32. The molecule has 0 spiro atoms. The number of hydrogen-bond acceptors (Lipinski definition) is 6. The number of ketones is 1. The second-order valence-electron chi connectivity index (χ2n) is 7.94. The number of unbranched alkanes of at least 4 members (excludes halogenated alkanes) is 1. The fraction of sp³-hybridized carbons (Fsp3) is 0.320. The maximum Gasteiger partial charge on any atom is 0.227 e. The predicted molar refractivity (Wildman–Crippen MR) is 128 cm³/mol. The molecule has 0 amide bonds. The van der Waals surface area contributed by atoms with E-state index in [2.05, 4.69) is 22.3 Å². The summed E-state index contributed by atoms with van der Waals surface area (Å²) in [5.41, 5.74) is 2.90. The van der Waals surface area contributed by atoms with Crippen molar-refractivity contribution in [2.45, 2.75) is 50.6 Å². The van der Waals surface area contributed by atoms with E-state index in [0.29, 0.717) is 34.6 Å². The zero-order valence-electron chi connectivity index (χ0n) is 19.0. The first-order valence-corrected chi connectivity index (χ1v) is 12.0. The monoisotopic (exact) mass is 466 g/mol. The summed E-state index contributed by atoms with van der Waals surface area (Å²) >= 11 is 1.36. The van der Waals surface area contributed by atoms with Crippen LogP contribution in [0.1, 0.15) is 50.8 Å². The number of nitrogens with zero attached hydrogens (tertiary/aromatic N) is 3. The van der Waals surface area contributed by atoms with E-state index in [9.17, 15) is 9.18 Å². The van der Waals surface area contributed by atoms with Gasteiger partial charge in [-0.2, -0.15) is 4.98 Å². The number of Topliss-reactive ketones (excluding diaryl/α,β-unsaturated/α-hetero) is 1. The fourth-order valence-electron chi connectivity index (χ4n) is 3.80. The molecule has 0 bridgehead atoms. The summed E-state index contributed by atoms with van der Waals surface area (Å²) in [5, 5.41) is 8.39. The number of carbonyl (C=O) groups excluding carboxylic acids is 1. The van der Waals surface area contributed by atoms with Crippen LogP contribution in [0.25, 0.3) is 0 Å². The third kappa shape index (κ3) is 5.11. The zero-order valence-corrected chi connectivity index (χ0v) is 19.8. The Bertz CT molecular complexity index is 1170. The van der Waals surface area contributed by atoms with Crippen LogP contribution in [0.3, 0.4) is 0 Å². The van der Waals surface area contributed by atoms with Gasteiger partial charge in [-0.05, 0) is 49.6 Å². The van der Waals surface area contributed by atoms with Gasteiger partial charge in [-0.1, -0.05) is 55.4 Å². The van der Waals surface area contributed by atoms with Crippen LogP contribution in [0.15, 0.2) is 65.0 Å². The molecule has 3 aromatic rings. The minimum atomic E-state index is -0.404. The van der Waals surface area contributed by atoms with Gasteiger partial charge < -0.3 is 10.1 Å². The summed E-state index contributed by atoms with van der Waals surface area (Å²) < 4.78 is 21.5. The lowest BCUT2D eigenvalue weighted by Crippen LogP contribution is -2.27. The van der Waals surface area contributed by atoms with Crippen molar-refractivity contribution in [2.24, 2.45) is 0 Å². The molecule has 0 saturated carbocycles. The summed E-state index contributed by atoms with van der Waals surface area (Å²) in [7, 11) is 0. The smallest absolute Gasteiger partial charge is 0.227 e. The lowest BCUT2D eigenvalue weighted by Gasteiger charge is -2.28. The number of thioether (sulfide) groups is 1. The van der Waals surface area contributed by atoms with Crippen LogP contribution in [-0.4, -0.2) is 27.2 Å². The number of fused-ring (bicyclic) bond motifs is 1. The van der Waals surface area contributed by atoms with E-state index in [1.807, 2.05) is 37.3 Å². The average Bonchev–Trinajstić information content (AvgIpc) is 3.20. The molecular formula is C25H27FN4O2S. The molecule has 33 heavy (non-hydrogen) atoms. The third-order valence-electron chi connectivity index (χ3n) is 5.49. The number of ether oxygens (including phenoxy) is 1. The van der Waals surface area contributed by atoms with E-state index < -0.39 is 6.04 Å². The highest BCUT2D eigenvalue weighted by atomic mass is 32.2. The Hall–Kier alpha value is -3.13. The van der Waals surface area contributed by atoms with Crippen LogP contribution >= 0.6 is 11.8 Å². The highest BCUT2D eigenvalue weighted by Crippen LogP contribution is 2.37. The largest absolute Gasteiger partial charge is 0.494 e. The number of hydrogen-bond donors (Lipinski definition) is 1. The van der Waals surface area contributed by atoms with E-state index in [0.717, 1.165) is 29.9 Å². The van der Waals surface area contributed by atoms with Crippen LogP contribution < -0.4 is 10.1 Å². The molecule has 1 unspecified atom stereocenters. The normalized spacial score (nSPS) is 15.2. The van der Waals surface area contributed by atoms with E-state index in [1.54, 1.807) is 23.7 Å². The van der Waals surface area contributed by atoms with Crippen molar-refractivity contribution >= 4 is 23.5 Å². The number of allylic oxidation sites excluding steroid dienone is 2. The number of anilines is 1. The van der Waals surface area contributed by atoms with E-state index in [4.69, 9.17) is 4.74 Å². The van der Waals surface area contributed by atoms with Crippen molar-refractivity contribution in [1.29, 1.82) is 0 Å². The van der Waals surface area contributed by atoms with Gasteiger partial charge in [0.2, 0.25) is 11.1 Å². The number of aromatic nitrogens is 3. The van der Waals surface area contributed by atoms with Gasteiger partial charge >= 0.3 is 0 Å². The predicted octanol–water partition coefficient (Wildman–Crippen LogP) is 5.77. The van der Waals surface area contributed by atoms with Crippen molar-refractivity contribution in [3.05, 3.63) is 76.7 Å². The Morgan fingerprint density at radius 3 is 2.67 bits per heavy atom. The molecule has 1 N–H and O–H groups in total. The summed E-state index contributed by atoms with van der Waals surface area (Å²) in [6, 6.07) is 14.0. The molecule has 2 heterocycles. The zero-order chi connectivity index (χ0) is 23.4. The number of benzene rings is 2. The third-order valence-corrected chi connectivity index (χ3v) is 6.38. The lowest BCUT2D eigenvalue weighted by molar-refractivity contribution is -0.114. The molecule has 1 atom stereocenters. The van der Waals surface area contributed by atoms with Crippen LogP contribution in [0, 0.1) is 5.82 Å². The second kappa shape index (κ2) is 10.2. The quantitative estimate of drug-likeness (QED) is 0.319. The standard InChI is InChI=1S/C25H27FN4O2S/c1-4-5-14-32-20-12-10-18(11-13-20)23-22(17(3)31)16(2)27-24-28-25(29-30(23)24)33-15-19-8-6-7-9-21(19)26/h6-13,23H,4-5,14-15H2,1-3H3,(H,27,28,29). The molecule has 4 rings (SSSR count). The number of halogens is 1. The number of rotatable bonds is 9. The van der Waals surface area contributed by atoms with Crippen molar-refractivity contribution in [3.63, 3.8) is 0 Å². The van der Waals surface area contributed by atoms with Gasteiger partial charge in [0.25, 0.3) is 0 Å². The molecule has 0 saturated heterocycles. The summed E-state index contributed by atoms with van der Waals surface area (Å²) in [6.07, 6.45) is 2.08. The average molecular weight is 467 g/mol. The van der Waals surface area contributed by atoms with Crippen molar-refractivity contribution in [1.82, 2.24) is 14.8 Å². The molecule has 1 aliphatic rings. The van der Waals surface area contributed by atoms with Gasteiger partial charge in [0.1, 0.15) is 17.6 Å². The first-order valence-electron chi connectivity index (χ1n) is 11.0. The maximum atomic E-state index is 14.0. The van der Waals surface area contributed by atoms with E-state index in [1.165, 1.54) is 17.8 Å². The molecule has 1 aliphatic heterocycles. The van der Waals surface area contributed by atoms with Crippen LogP contribution in [0.4, 0.5) is 10.3 Å². The molecule has 6 nitrogen and oxygen atoms in total. The van der Waals surface area contributed by atoms with Crippen LogP contribution in [0.5, 0.6) is 5.75 Å². The second-order valence-corrected chi connectivity index (χ2v) is 8.88. The lowest BCUT2D eigenvalue weighted by atomic mass is 9.93. The summed E-state index contributed by atoms with van der Waals surface area (Å²) in [4.78, 5) is 17.2. The molecular weight excluding hydrogens is 439 g/mol. The molecule has 0 fully saturated rings. The van der Waals surface area contributed by atoms with E-state index in [-0.39, 0.29) is 11.6 Å². The highest BCUT2D eigenvalue weighted by molar-refractivity contribution is 7.98. The maximum absolute atomic E-state index is 14.0. The van der Waals surface area contributed by atoms with Gasteiger partial charge in [0.15, 0.2) is 5.78 Å². The Balaban J connectivity index is 1.62. The van der Waals surface area contributed by atoms with Gasteiger partial charge in [0, 0.05) is 17.0 Å². The molecule has 0 radical (unpaired) electrons. The molecule has 172 valence electrons. The van der Waals surface area contributed by atoms with Crippen molar-refractivity contribution < 1.29 is 13.9 Å². The summed E-state index contributed by atoms with van der Waals surface area (Å²) in [5.74, 6) is 1.49. The Morgan fingerprint density at radius 1 is 1.21 bits per heavy atom. The van der Waals surface area contributed by atoms with Crippen molar-refractivity contribution in [3.8, 4) is 5.75 Å². The Morgan fingerprint density at radius 2 is 1.97 bits per heavy atom. The number of carbonyl (C=O) groups is 1. The van der Waals surface area contributed by atoms with Gasteiger partial charge in [-0.15, -0.1) is 5.10 Å². The molecule has 2 aromatic carbocycles. The Kier molecular flexibility index (Phi) is 7.13. The van der Waals surface area contributed by atoms with E-state index >= 15 is 0 Å². The van der Waals surface area contributed by atoms with Crippen LogP contribution in [-0.2, 0) is 10.5 Å². The van der Waals surface area contributed by atoms with Crippen LogP contribution in [0.2, 0.25) is 0 Å². The first-order chi connectivity index (χ1) is 16.0. The molecule has 8 heteroatoms. The van der Waals surface area contributed by atoms with Gasteiger partial charge in [-0.25, -0.2) is 9.07 Å². The minimum Gasteiger partial charge on any atom is -0.494 e. The van der Waals surface area contributed by atoms with Gasteiger partial charge in [-0.3, -0.25) is 4.79 Å². The molecule has 1 aromatic heterocycles. The van der Waals surface area contributed by atoms with Gasteiger partial charge in [0.05, 0.1) is 6.61 Å². The minimum absolute atomic E-state index is 0.0324. The topological polar surface area (TPSA) is 69.0 Å². The SMILES string of the molecule is CCCCOc1ccc(C2C(C(C)=O)=C(C)Nc3nc(SCc4ccccc4F)nn32)cc1. The molecule has 0 aliphatic carbocycles. The Labute approximate surface area is 197 Å². The fourth-order valence-corrected chi connectivity index (χ4v) is 4.61. The van der Waals surface area contributed by atoms with Crippen molar-refractivity contribution in [2.75, 3.05) is 11.9 Å². The first kappa shape index (κ1) is 23.0. The number of nitrogens with one attached hydrogen (secondary N) is 1.